The summed E-state index contributed by atoms with van der Waals surface area (Å²) in [7, 11) is 0. The Balaban J connectivity index is 2.32. The summed E-state index contributed by atoms with van der Waals surface area (Å²) in [6.07, 6.45) is 0.388. The van der Waals surface area contributed by atoms with Crippen LogP contribution in [0.1, 0.15) is 25.8 Å². The van der Waals surface area contributed by atoms with E-state index in [0.29, 0.717) is 38.2 Å². The van der Waals surface area contributed by atoms with Crippen molar-refractivity contribution in [2.45, 2.75) is 26.8 Å². The SMILES string of the molecule is CCN(CC)C(=O)CCNCc1cc(F)cc(F)c1. The average Bonchev–Trinajstić information content (AvgIpc) is 2.35. The van der Waals surface area contributed by atoms with E-state index in [1.54, 1.807) is 4.90 Å². The van der Waals surface area contributed by atoms with Crippen LogP contribution in [-0.4, -0.2) is 30.4 Å². The summed E-state index contributed by atoms with van der Waals surface area (Å²) in [4.78, 5) is 13.4. The topological polar surface area (TPSA) is 32.3 Å². The second kappa shape index (κ2) is 7.84. The van der Waals surface area contributed by atoms with Crippen molar-refractivity contribution in [3.63, 3.8) is 0 Å². The molecule has 1 N–H and O–H groups in total. The van der Waals surface area contributed by atoms with Crippen LogP contribution in [-0.2, 0) is 11.3 Å². The number of rotatable bonds is 7. The lowest BCUT2D eigenvalue weighted by molar-refractivity contribution is -0.130. The summed E-state index contributed by atoms with van der Waals surface area (Å²) in [5, 5.41) is 3.01. The highest BCUT2D eigenvalue weighted by atomic mass is 19.1. The number of nitrogens with one attached hydrogen (secondary N) is 1. The molecule has 0 spiro atoms. The fourth-order valence-corrected chi connectivity index (χ4v) is 1.88. The van der Waals surface area contributed by atoms with Gasteiger partial charge in [0.05, 0.1) is 0 Å². The summed E-state index contributed by atoms with van der Waals surface area (Å²) in [5.74, 6) is -1.09. The van der Waals surface area contributed by atoms with Gasteiger partial charge in [0.1, 0.15) is 11.6 Å². The van der Waals surface area contributed by atoms with Crippen LogP contribution < -0.4 is 5.32 Å². The van der Waals surface area contributed by atoms with E-state index in [0.717, 1.165) is 6.07 Å². The first-order chi connectivity index (χ1) is 9.06. The van der Waals surface area contributed by atoms with Crippen LogP contribution >= 0.6 is 0 Å². The molecule has 0 fully saturated rings. The predicted octanol–water partition coefficient (Wildman–Crippen LogP) is 2.31. The lowest BCUT2D eigenvalue weighted by atomic mass is 10.2. The Morgan fingerprint density at radius 3 is 2.26 bits per heavy atom. The van der Waals surface area contributed by atoms with Gasteiger partial charge >= 0.3 is 0 Å². The van der Waals surface area contributed by atoms with Crippen molar-refractivity contribution in [3.05, 3.63) is 35.4 Å². The third kappa shape index (κ3) is 5.34. The second-order valence-corrected chi connectivity index (χ2v) is 4.27. The van der Waals surface area contributed by atoms with E-state index in [2.05, 4.69) is 5.32 Å². The second-order valence-electron chi connectivity index (χ2n) is 4.27. The van der Waals surface area contributed by atoms with Gasteiger partial charge in [-0.25, -0.2) is 8.78 Å². The van der Waals surface area contributed by atoms with E-state index < -0.39 is 11.6 Å². The lowest BCUT2D eigenvalue weighted by Gasteiger charge is -2.18. The molecule has 0 atom stereocenters. The summed E-state index contributed by atoms with van der Waals surface area (Å²) >= 11 is 0. The maximum Gasteiger partial charge on any atom is 0.223 e. The van der Waals surface area contributed by atoms with E-state index >= 15 is 0 Å². The van der Waals surface area contributed by atoms with Crippen LogP contribution in [0.2, 0.25) is 0 Å². The fraction of sp³-hybridized carbons (Fsp3) is 0.500. The smallest absolute Gasteiger partial charge is 0.223 e. The van der Waals surface area contributed by atoms with E-state index in [1.165, 1.54) is 12.1 Å². The molecule has 0 radical (unpaired) electrons. The number of carbonyl (C=O) groups is 1. The monoisotopic (exact) mass is 270 g/mol. The van der Waals surface area contributed by atoms with E-state index in [4.69, 9.17) is 0 Å². The zero-order valence-electron chi connectivity index (χ0n) is 11.4. The van der Waals surface area contributed by atoms with Crippen LogP contribution in [0.3, 0.4) is 0 Å². The fourth-order valence-electron chi connectivity index (χ4n) is 1.88. The van der Waals surface area contributed by atoms with E-state index in [9.17, 15) is 13.6 Å². The van der Waals surface area contributed by atoms with Crippen LogP contribution in [0.25, 0.3) is 0 Å². The largest absolute Gasteiger partial charge is 0.343 e. The van der Waals surface area contributed by atoms with Crippen LogP contribution in [0.4, 0.5) is 8.78 Å². The van der Waals surface area contributed by atoms with Crippen LogP contribution in [0.5, 0.6) is 0 Å². The highest BCUT2D eigenvalue weighted by Crippen LogP contribution is 2.07. The zero-order chi connectivity index (χ0) is 14.3. The van der Waals surface area contributed by atoms with Crippen LogP contribution in [0.15, 0.2) is 18.2 Å². The predicted molar refractivity (Wildman–Crippen MR) is 70.6 cm³/mol. The molecule has 0 aliphatic rings. The molecular formula is C14H20F2N2O. The van der Waals surface area contributed by atoms with Gasteiger partial charge in [-0.2, -0.15) is 0 Å². The first-order valence-electron chi connectivity index (χ1n) is 6.50. The molecule has 1 amide bonds. The van der Waals surface area contributed by atoms with E-state index in [-0.39, 0.29) is 5.91 Å². The Morgan fingerprint density at radius 1 is 1.16 bits per heavy atom. The van der Waals surface area contributed by atoms with Gasteiger partial charge in [-0.05, 0) is 31.5 Å². The average molecular weight is 270 g/mol. The quantitative estimate of drug-likeness (QED) is 0.771. The highest BCUT2D eigenvalue weighted by Gasteiger charge is 2.08. The summed E-state index contributed by atoms with van der Waals surface area (Å²) < 4.78 is 25.9. The molecule has 3 nitrogen and oxygen atoms in total. The number of carbonyl (C=O) groups excluding carboxylic acids is 1. The molecular weight excluding hydrogens is 250 g/mol. The minimum absolute atomic E-state index is 0.0860. The molecule has 0 bridgehead atoms. The zero-order valence-corrected chi connectivity index (χ0v) is 11.4. The molecule has 106 valence electrons. The van der Waals surface area contributed by atoms with Gasteiger partial charge in [0.15, 0.2) is 0 Å². The van der Waals surface area contributed by atoms with Crippen molar-refractivity contribution < 1.29 is 13.6 Å². The molecule has 0 aliphatic heterocycles. The number of hydrogen-bond donors (Lipinski definition) is 1. The van der Waals surface area contributed by atoms with Gasteiger partial charge in [0.2, 0.25) is 5.91 Å². The molecule has 0 aromatic heterocycles. The molecule has 1 rings (SSSR count). The van der Waals surface area contributed by atoms with E-state index in [1.807, 2.05) is 13.8 Å². The van der Waals surface area contributed by atoms with Crippen LogP contribution in [0, 0.1) is 11.6 Å². The summed E-state index contributed by atoms with van der Waals surface area (Å²) in [6.45, 7) is 6.11. The lowest BCUT2D eigenvalue weighted by Crippen LogP contribution is -2.32. The number of nitrogens with zero attached hydrogens (tertiary/aromatic N) is 1. The van der Waals surface area contributed by atoms with Crippen molar-refractivity contribution in [1.29, 1.82) is 0 Å². The molecule has 5 heteroatoms. The molecule has 19 heavy (non-hydrogen) atoms. The van der Waals surface area contributed by atoms with Crippen molar-refractivity contribution in [2.75, 3.05) is 19.6 Å². The molecule has 1 aromatic rings. The minimum atomic E-state index is -0.587. The van der Waals surface area contributed by atoms with Gasteiger partial charge in [0.25, 0.3) is 0 Å². The van der Waals surface area contributed by atoms with Crippen molar-refractivity contribution in [2.24, 2.45) is 0 Å². The third-order valence-electron chi connectivity index (χ3n) is 2.88. The summed E-state index contributed by atoms with van der Waals surface area (Å²) in [6, 6.07) is 3.40. The Morgan fingerprint density at radius 2 is 1.74 bits per heavy atom. The number of benzene rings is 1. The molecule has 0 heterocycles. The Hall–Kier alpha value is -1.49. The highest BCUT2D eigenvalue weighted by molar-refractivity contribution is 5.76. The van der Waals surface area contributed by atoms with Crippen molar-refractivity contribution >= 4 is 5.91 Å². The number of hydrogen-bond acceptors (Lipinski definition) is 2. The van der Waals surface area contributed by atoms with Crippen molar-refractivity contribution in [1.82, 2.24) is 10.2 Å². The first kappa shape index (κ1) is 15.6. The normalized spacial score (nSPS) is 10.5. The van der Waals surface area contributed by atoms with Gasteiger partial charge in [-0.15, -0.1) is 0 Å². The molecule has 0 aliphatic carbocycles. The molecule has 1 aromatic carbocycles. The van der Waals surface area contributed by atoms with Gasteiger partial charge in [-0.1, -0.05) is 0 Å². The maximum absolute atomic E-state index is 12.9. The minimum Gasteiger partial charge on any atom is -0.343 e. The molecule has 0 saturated heterocycles. The standard InChI is InChI=1S/C14H20F2N2O/c1-3-18(4-2)14(19)5-6-17-10-11-7-12(15)9-13(16)8-11/h7-9,17H,3-6,10H2,1-2H3. The first-order valence-corrected chi connectivity index (χ1v) is 6.50. The Labute approximate surface area is 112 Å². The third-order valence-corrected chi connectivity index (χ3v) is 2.88. The van der Waals surface area contributed by atoms with Gasteiger partial charge in [0, 0.05) is 38.7 Å². The number of amides is 1. The maximum atomic E-state index is 12.9. The van der Waals surface area contributed by atoms with Gasteiger partial charge in [-0.3, -0.25) is 4.79 Å². The Bertz CT molecular complexity index is 400. The van der Waals surface area contributed by atoms with Gasteiger partial charge < -0.3 is 10.2 Å². The molecule has 0 unspecified atom stereocenters. The molecule has 0 saturated carbocycles. The Kier molecular flexibility index (Phi) is 6.42. The number of halogens is 2. The summed E-state index contributed by atoms with van der Waals surface area (Å²) in [5.41, 5.74) is 0.535. The van der Waals surface area contributed by atoms with Crippen molar-refractivity contribution in [3.8, 4) is 0 Å².